The van der Waals surface area contributed by atoms with Gasteiger partial charge >= 0.3 is 5.97 Å². The van der Waals surface area contributed by atoms with Crippen LogP contribution in [0, 0.1) is 13.8 Å². The van der Waals surface area contributed by atoms with Crippen molar-refractivity contribution in [3.63, 3.8) is 0 Å². The Bertz CT molecular complexity index is 1240. The predicted octanol–water partition coefficient (Wildman–Crippen LogP) is 4.18. The molecule has 0 saturated carbocycles. The molecule has 3 N–H and O–H groups in total. The Morgan fingerprint density at radius 2 is 1.97 bits per heavy atom. The number of rotatable bonds is 9. The summed E-state index contributed by atoms with van der Waals surface area (Å²) in [5.74, 6) is -0.849. The minimum atomic E-state index is -0.669. The Hall–Kier alpha value is -2.70. The fourth-order valence-electron chi connectivity index (χ4n) is 3.43. The highest BCUT2D eigenvalue weighted by Crippen LogP contribution is 2.35. The number of nitrogens with zero attached hydrogens (tertiary/aromatic N) is 3. The van der Waals surface area contributed by atoms with Gasteiger partial charge in [0, 0.05) is 22.9 Å². The molecule has 9 nitrogen and oxygen atoms in total. The standard InChI is InChI=1S/C22H27N5O4S3/c1-7-13-12(5)32-8-14(13)19-25-26-22(27(19)6)33-9-15(28)24-20-16(21(30)31-10(2)3)11(4)17(34-20)18(23)29/h8,10H,7,9H2,1-6H3,(H2,23,29)(H,24,28). The SMILES string of the molecule is CCc1c(-c2nnc(SCC(=O)Nc3sc(C(N)=O)c(C)c3C(=O)OC(C)C)n2C)csc1C. The van der Waals surface area contributed by atoms with E-state index in [0.717, 1.165) is 29.1 Å². The second-order valence-corrected chi connectivity index (χ2v) is 10.9. The van der Waals surface area contributed by atoms with E-state index in [2.05, 4.69) is 34.7 Å². The molecule has 3 aromatic heterocycles. The molecule has 0 aliphatic carbocycles. The highest BCUT2D eigenvalue weighted by Gasteiger charge is 2.26. The van der Waals surface area contributed by atoms with Crippen LogP contribution in [0.4, 0.5) is 5.00 Å². The number of carbonyl (C=O) groups excluding carboxylic acids is 3. The van der Waals surface area contributed by atoms with Crippen LogP contribution in [-0.2, 0) is 23.0 Å². The van der Waals surface area contributed by atoms with Crippen molar-refractivity contribution in [3.8, 4) is 11.4 Å². The molecule has 0 saturated heterocycles. The van der Waals surface area contributed by atoms with Crippen LogP contribution < -0.4 is 11.1 Å². The molecule has 0 atom stereocenters. The lowest BCUT2D eigenvalue weighted by atomic mass is 10.1. The van der Waals surface area contributed by atoms with Crippen LogP contribution in [0.3, 0.4) is 0 Å². The summed E-state index contributed by atoms with van der Waals surface area (Å²) < 4.78 is 7.15. The first-order valence-corrected chi connectivity index (χ1v) is 13.3. The molecule has 0 aromatic carbocycles. The van der Waals surface area contributed by atoms with Crippen molar-refractivity contribution < 1.29 is 19.1 Å². The second-order valence-electron chi connectivity index (χ2n) is 7.82. The molecule has 0 spiro atoms. The largest absolute Gasteiger partial charge is 0.459 e. The molecule has 3 heterocycles. The number of thiophene rings is 2. The van der Waals surface area contributed by atoms with Crippen LogP contribution in [0.1, 0.15) is 56.8 Å². The lowest BCUT2D eigenvalue weighted by Crippen LogP contribution is -2.18. The summed E-state index contributed by atoms with van der Waals surface area (Å²) in [5.41, 5.74) is 8.27. The third kappa shape index (κ3) is 5.34. The Morgan fingerprint density at radius 1 is 1.26 bits per heavy atom. The van der Waals surface area contributed by atoms with Gasteiger partial charge in [0.1, 0.15) is 5.00 Å². The van der Waals surface area contributed by atoms with E-state index in [4.69, 9.17) is 10.5 Å². The van der Waals surface area contributed by atoms with E-state index in [1.54, 1.807) is 32.1 Å². The summed E-state index contributed by atoms with van der Waals surface area (Å²) in [6.45, 7) is 9.25. The summed E-state index contributed by atoms with van der Waals surface area (Å²) >= 11 is 3.87. The van der Waals surface area contributed by atoms with Gasteiger partial charge in [0.15, 0.2) is 11.0 Å². The molecular weight excluding hydrogens is 494 g/mol. The van der Waals surface area contributed by atoms with Gasteiger partial charge in [-0.1, -0.05) is 18.7 Å². The van der Waals surface area contributed by atoms with Crippen molar-refractivity contribution in [2.45, 2.75) is 52.3 Å². The number of aromatic nitrogens is 3. The van der Waals surface area contributed by atoms with Crippen LogP contribution in [0.2, 0.25) is 0 Å². The van der Waals surface area contributed by atoms with E-state index in [-0.39, 0.29) is 33.2 Å². The number of amides is 2. The van der Waals surface area contributed by atoms with Gasteiger partial charge in [-0.25, -0.2) is 4.79 Å². The quantitative estimate of drug-likeness (QED) is 0.319. The average Bonchev–Trinajstić information content (AvgIpc) is 3.40. The van der Waals surface area contributed by atoms with Crippen LogP contribution in [-0.4, -0.2) is 44.4 Å². The van der Waals surface area contributed by atoms with Crippen LogP contribution >= 0.6 is 34.4 Å². The number of nitrogens with two attached hydrogens (primary N) is 1. The van der Waals surface area contributed by atoms with E-state index < -0.39 is 11.9 Å². The minimum absolute atomic E-state index is 0.0385. The predicted molar refractivity (Wildman–Crippen MR) is 136 cm³/mol. The van der Waals surface area contributed by atoms with Gasteiger partial charge in [0.25, 0.3) is 5.91 Å². The Balaban J connectivity index is 1.76. The minimum Gasteiger partial charge on any atom is -0.459 e. The molecule has 0 radical (unpaired) electrons. The normalized spacial score (nSPS) is 11.1. The van der Waals surface area contributed by atoms with E-state index in [9.17, 15) is 14.4 Å². The van der Waals surface area contributed by atoms with E-state index in [1.807, 2.05) is 11.6 Å². The highest BCUT2D eigenvalue weighted by molar-refractivity contribution is 7.99. The number of thioether (sulfide) groups is 1. The Morgan fingerprint density at radius 3 is 2.59 bits per heavy atom. The monoisotopic (exact) mass is 521 g/mol. The molecule has 2 amide bonds. The lowest BCUT2D eigenvalue weighted by molar-refractivity contribution is -0.113. The van der Waals surface area contributed by atoms with Gasteiger partial charge in [-0.15, -0.1) is 32.9 Å². The van der Waals surface area contributed by atoms with Crippen molar-refractivity contribution in [3.05, 3.63) is 31.8 Å². The van der Waals surface area contributed by atoms with Gasteiger partial charge < -0.3 is 20.4 Å². The summed E-state index contributed by atoms with van der Waals surface area (Å²) in [6.07, 6.45) is 0.547. The first-order valence-electron chi connectivity index (χ1n) is 10.6. The maximum Gasteiger partial charge on any atom is 0.341 e. The number of carbonyl (C=O) groups is 3. The fraction of sp³-hybridized carbons (Fsp3) is 0.409. The molecule has 182 valence electrons. The molecule has 0 bridgehead atoms. The van der Waals surface area contributed by atoms with Crippen molar-refractivity contribution in [1.29, 1.82) is 0 Å². The van der Waals surface area contributed by atoms with Crippen LogP contribution in [0.25, 0.3) is 11.4 Å². The smallest absolute Gasteiger partial charge is 0.341 e. The zero-order valence-electron chi connectivity index (χ0n) is 19.8. The summed E-state index contributed by atoms with van der Waals surface area (Å²) in [7, 11) is 1.86. The zero-order valence-corrected chi connectivity index (χ0v) is 22.3. The molecule has 0 aliphatic heterocycles. The third-order valence-electron chi connectivity index (χ3n) is 5.04. The average molecular weight is 522 g/mol. The summed E-state index contributed by atoms with van der Waals surface area (Å²) in [4.78, 5) is 38.5. The molecule has 3 aromatic rings. The van der Waals surface area contributed by atoms with E-state index >= 15 is 0 Å². The number of hydrogen-bond donors (Lipinski definition) is 2. The van der Waals surface area contributed by atoms with Crippen molar-refractivity contribution >= 4 is 57.2 Å². The van der Waals surface area contributed by atoms with E-state index in [1.165, 1.54) is 22.2 Å². The van der Waals surface area contributed by atoms with Gasteiger partial charge in [-0.05, 0) is 45.2 Å². The maximum atomic E-state index is 12.7. The van der Waals surface area contributed by atoms with Crippen molar-refractivity contribution in [2.75, 3.05) is 11.1 Å². The first-order chi connectivity index (χ1) is 16.0. The fourth-order valence-corrected chi connectivity index (χ4v) is 6.14. The number of hydrogen-bond acceptors (Lipinski definition) is 9. The maximum absolute atomic E-state index is 12.7. The number of aryl methyl sites for hydroxylation is 1. The summed E-state index contributed by atoms with van der Waals surface area (Å²) in [6, 6.07) is 0. The van der Waals surface area contributed by atoms with Crippen molar-refractivity contribution in [2.24, 2.45) is 12.8 Å². The highest BCUT2D eigenvalue weighted by atomic mass is 32.2. The molecule has 0 fully saturated rings. The van der Waals surface area contributed by atoms with Gasteiger partial charge in [-0.3, -0.25) is 9.59 Å². The van der Waals surface area contributed by atoms with Crippen LogP contribution in [0.5, 0.6) is 0 Å². The van der Waals surface area contributed by atoms with E-state index in [0.29, 0.717) is 10.7 Å². The van der Waals surface area contributed by atoms with Gasteiger partial charge in [0.05, 0.1) is 22.3 Å². The molecule has 12 heteroatoms. The van der Waals surface area contributed by atoms with Gasteiger partial charge in [-0.2, -0.15) is 0 Å². The zero-order chi connectivity index (χ0) is 25.2. The molecule has 34 heavy (non-hydrogen) atoms. The Labute approximate surface area is 210 Å². The molecular formula is C22H27N5O4S3. The second kappa shape index (κ2) is 10.7. The molecule has 0 aliphatic rings. The number of nitrogens with one attached hydrogen (secondary N) is 1. The van der Waals surface area contributed by atoms with Crippen molar-refractivity contribution in [1.82, 2.24) is 14.8 Å². The Kier molecular flexibility index (Phi) is 8.16. The molecule has 0 unspecified atom stereocenters. The topological polar surface area (TPSA) is 129 Å². The third-order valence-corrected chi connectivity index (χ3v) is 8.23. The van der Waals surface area contributed by atoms with Crippen LogP contribution in [0.15, 0.2) is 10.5 Å². The number of anilines is 1. The number of esters is 1. The molecule has 3 rings (SSSR count). The first kappa shape index (κ1) is 25.9. The number of primary amides is 1. The van der Waals surface area contributed by atoms with Gasteiger partial charge in [0.2, 0.25) is 5.91 Å². The number of ether oxygens (including phenoxy) is 1. The lowest BCUT2D eigenvalue weighted by Gasteiger charge is -2.10. The summed E-state index contributed by atoms with van der Waals surface area (Å²) in [5, 5.41) is 14.2.